The molecule has 0 fully saturated rings. The number of aryl methyl sites for hydroxylation is 1. The summed E-state index contributed by atoms with van der Waals surface area (Å²) in [5.74, 6) is -5.41. The molecule has 2 heterocycles. The van der Waals surface area contributed by atoms with E-state index in [-0.39, 0.29) is 17.9 Å². The molecule has 0 saturated carbocycles. The normalized spacial score (nSPS) is 11.4. The standard InChI is InChI=1S/C26H22F4N4O4S/c1-3-11-38-26(35)32-19-13-21(39(36,37)20-12-16(27)5-6-18(20)28)24(30)22(23(19)29)25-17(14-34(4-2)33-25)15-7-9-31-10-8-15/h5-10,12-14H,3-4,11H2,1-2H3,(H,32,35). The van der Waals surface area contributed by atoms with Gasteiger partial charge >= 0.3 is 6.09 Å². The highest BCUT2D eigenvalue weighted by molar-refractivity contribution is 7.91. The number of nitrogens with zero attached hydrogens (tertiary/aromatic N) is 3. The average molecular weight is 563 g/mol. The van der Waals surface area contributed by atoms with Crippen LogP contribution in [-0.2, 0) is 21.1 Å². The molecule has 4 rings (SSSR count). The molecule has 0 bridgehead atoms. The van der Waals surface area contributed by atoms with Crippen LogP contribution in [0.3, 0.4) is 0 Å². The van der Waals surface area contributed by atoms with Crippen molar-refractivity contribution >= 4 is 21.6 Å². The number of hydrogen-bond acceptors (Lipinski definition) is 6. The molecule has 0 atom stereocenters. The maximum atomic E-state index is 16.1. The molecular weight excluding hydrogens is 540 g/mol. The third-order valence-corrected chi connectivity index (χ3v) is 7.40. The summed E-state index contributed by atoms with van der Waals surface area (Å²) in [6.07, 6.45) is 3.69. The van der Waals surface area contributed by atoms with Gasteiger partial charge < -0.3 is 4.74 Å². The molecule has 39 heavy (non-hydrogen) atoms. The highest BCUT2D eigenvalue weighted by Crippen LogP contribution is 2.40. The van der Waals surface area contributed by atoms with E-state index in [9.17, 15) is 22.0 Å². The van der Waals surface area contributed by atoms with Gasteiger partial charge in [0.1, 0.15) is 27.1 Å². The molecule has 0 aliphatic carbocycles. The molecule has 0 aliphatic rings. The van der Waals surface area contributed by atoms with Gasteiger partial charge in [0.25, 0.3) is 0 Å². The summed E-state index contributed by atoms with van der Waals surface area (Å²) in [5, 5.41) is 6.31. The molecule has 1 N–H and O–H groups in total. The van der Waals surface area contributed by atoms with Gasteiger partial charge in [-0.3, -0.25) is 15.0 Å². The van der Waals surface area contributed by atoms with Crippen molar-refractivity contribution in [2.75, 3.05) is 11.9 Å². The summed E-state index contributed by atoms with van der Waals surface area (Å²) < 4.78 is 93.5. The Balaban J connectivity index is 2.03. The van der Waals surface area contributed by atoms with E-state index in [1.807, 2.05) is 0 Å². The zero-order chi connectivity index (χ0) is 28.3. The van der Waals surface area contributed by atoms with Gasteiger partial charge in [-0.25, -0.2) is 30.8 Å². The number of ether oxygens (including phenoxy) is 1. The third kappa shape index (κ3) is 5.48. The second kappa shape index (κ2) is 11.2. The Bertz CT molecular complexity index is 1640. The number of sulfone groups is 1. The Morgan fingerprint density at radius 3 is 2.38 bits per heavy atom. The molecule has 2 aromatic heterocycles. The van der Waals surface area contributed by atoms with Crippen LogP contribution < -0.4 is 5.32 Å². The van der Waals surface area contributed by atoms with Gasteiger partial charge in [0, 0.05) is 30.7 Å². The van der Waals surface area contributed by atoms with Crippen molar-refractivity contribution in [3.63, 3.8) is 0 Å². The predicted octanol–water partition coefficient (Wildman–Crippen LogP) is 5.98. The monoisotopic (exact) mass is 562 g/mol. The molecule has 13 heteroatoms. The van der Waals surface area contributed by atoms with Crippen LogP contribution in [0.25, 0.3) is 22.4 Å². The van der Waals surface area contributed by atoms with Crippen LogP contribution in [0.4, 0.5) is 28.0 Å². The molecule has 0 radical (unpaired) electrons. The summed E-state index contributed by atoms with van der Waals surface area (Å²) in [4.78, 5) is 13.8. The van der Waals surface area contributed by atoms with Crippen molar-refractivity contribution in [3.05, 3.63) is 78.3 Å². The van der Waals surface area contributed by atoms with Crippen LogP contribution in [0.2, 0.25) is 0 Å². The number of nitrogens with one attached hydrogen (secondary N) is 1. The lowest BCUT2D eigenvalue weighted by atomic mass is 10.0. The Morgan fingerprint density at radius 2 is 1.72 bits per heavy atom. The molecule has 204 valence electrons. The second-order valence-electron chi connectivity index (χ2n) is 8.25. The Kier molecular flexibility index (Phi) is 8.00. The van der Waals surface area contributed by atoms with Crippen molar-refractivity contribution in [1.82, 2.24) is 14.8 Å². The van der Waals surface area contributed by atoms with E-state index in [0.29, 0.717) is 42.8 Å². The summed E-state index contributed by atoms with van der Waals surface area (Å²) in [7, 11) is -5.11. The van der Waals surface area contributed by atoms with Gasteiger partial charge in [0.2, 0.25) is 9.84 Å². The minimum absolute atomic E-state index is 0.0335. The maximum absolute atomic E-state index is 16.1. The largest absolute Gasteiger partial charge is 0.449 e. The predicted molar refractivity (Wildman–Crippen MR) is 134 cm³/mol. The molecule has 0 unspecified atom stereocenters. The first-order chi connectivity index (χ1) is 18.6. The number of benzene rings is 2. The molecule has 8 nitrogen and oxygen atoms in total. The van der Waals surface area contributed by atoms with Crippen LogP contribution in [0.5, 0.6) is 0 Å². The Hall–Kier alpha value is -4.26. The van der Waals surface area contributed by atoms with E-state index in [1.54, 1.807) is 26.0 Å². The van der Waals surface area contributed by atoms with Crippen molar-refractivity contribution < 1.29 is 35.5 Å². The van der Waals surface area contributed by atoms with Gasteiger partial charge in [0.15, 0.2) is 11.6 Å². The molecule has 0 spiro atoms. The number of pyridine rings is 1. The zero-order valence-electron chi connectivity index (χ0n) is 20.7. The lowest BCUT2D eigenvalue weighted by molar-refractivity contribution is 0.161. The number of carbonyl (C=O) groups is 1. The van der Waals surface area contributed by atoms with E-state index in [0.717, 1.165) is 0 Å². The first kappa shape index (κ1) is 27.8. The third-order valence-electron chi connectivity index (χ3n) is 5.63. The van der Waals surface area contributed by atoms with Crippen LogP contribution in [0, 0.1) is 23.3 Å². The van der Waals surface area contributed by atoms with Crippen LogP contribution in [0.15, 0.2) is 64.8 Å². The number of hydrogen-bond donors (Lipinski definition) is 1. The number of amides is 1. The average Bonchev–Trinajstić information content (AvgIpc) is 3.35. The van der Waals surface area contributed by atoms with E-state index in [1.165, 1.54) is 23.3 Å². The lowest BCUT2D eigenvalue weighted by Gasteiger charge is -2.15. The van der Waals surface area contributed by atoms with Gasteiger partial charge in [-0.05, 0) is 55.3 Å². The van der Waals surface area contributed by atoms with Gasteiger partial charge in [-0.15, -0.1) is 0 Å². The minimum atomic E-state index is -5.11. The van der Waals surface area contributed by atoms with E-state index < -0.39 is 60.2 Å². The molecular formula is C26H22F4N4O4S. The molecule has 2 aromatic carbocycles. The first-order valence-corrected chi connectivity index (χ1v) is 13.2. The highest BCUT2D eigenvalue weighted by Gasteiger charge is 2.33. The molecule has 0 aliphatic heterocycles. The Labute approximate surface area is 221 Å². The highest BCUT2D eigenvalue weighted by atomic mass is 32.2. The quantitative estimate of drug-likeness (QED) is 0.209. The number of aromatic nitrogens is 3. The fraction of sp³-hybridized carbons (Fsp3) is 0.192. The van der Waals surface area contributed by atoms with Crippen LogP contribution in [0.1, 0.15) is 20.3 Å². The molecule has 0 saturated heterocycles. The smallest absolute Gasteiger partial charge is 0.411 e. The zero-order valence-corrected chi connectivity index (χ0v) is 21.5. The number of anilines is 1. The number of rotatable bonds is 8. The summed E-state index contributed by atoms with van der Waals surface area (Å²) in [5.41, 5.74) is -1.28. The van der Waals surface area contributed by atoms with Crippen molar-refractivity contribution in [2.45, 2.75) is 36.6 Å². The van der Waals surface area contributed by atoms with E-state index in [2.05, 4.69) is 15.4 Å². The minimum Gasteiger partial charge on any atom is -0.449 e. The summed E-state index contributed by atoms with van der Waals surface area (Å²) in [6.45, 7) is 3.70. The lowest BCUT2D eigenvalue weighted by Crippen LogP contribution is -2.17. The van der Waals surface area contributed by atoms with E-state index in [4.69, 9.17) is 4.74 Å². The molecule has 4 aromatic rings. The van der Waals surface area contributed by atoms with Crippen LogP contribution >= 0.6 is 0 Å². The van der Waals surface area contributed by atoms with Crippen LogP contribution in [-0.4, -0.2) is 35.9 Å². The second-order valence-corrected chi connectivity index (χ2v) is 10.1. The Morgan fingerprint density at radius 1 is 1.00 bits per heavy atom. The van der Waals surface area contributed by atoms with E-state index >= 15 is 8.78 Å². The summed E-state index contributed by atoms with van der Waals surface area (Å²) >= 11 is 0. The number of carbonyl (C=O) groups excluding carboxylic acids is 1. The fourth-order valence-corrected chi connectivity index (χ4v) is 5.20. The van der Waals surface area contributed by atoms with Gasteiger partial charge in [-0.1, -0.05) is 6.92 Å². The van der Waals surface area contributed by atoms with Gasteiger partial charge in [0.05, 0.1) is 17.9 Å². The summed E-state index contributed by atoms with van der Waals surface area (Å²) in [6, 6.07) is 5.24. The van der Waals surface area contributed by atoms with Crippen molar-refractivity contribution in [1.29, 1.82) is 0 Å². The molecule has 1 amide bonds. The fourth-order valence-electron chi connectivity index (χ4n) is 3.76. The van der Waals surface area contributed by atoms with Crippen molar-refractivity contribution in [2.24, 2.45) is 0 Å². The SMILES string of the molecule is CCCOC(=O)Nc1cc(S(=O)(=O)c2cc(F)ccc2F)c(F)c(-c2nn(CC)cc2-c2ccncc2)c1F. The first-order valence-electron chi connectivity index (χ1n) is 11.7. The topological polar surface area (TPSA) is 103 Å². The maximum Gasteiger partial charge on any atom is 0.411 e. The van der Waals surface area contributed by atoms with Crippen molar-refractivity contribution in [3.8, 4) is 22.4 Å². The number of halogens is 4. The van der Waals surface area contributed by atoms with Gasteiger partial charge in [-0.2, -0.15) is 5.10 Å².